The number of rotatable bonds is 2. The minimum absolute atomic E-state index is 0.971. The molecular formula is C9H12N. The summed E-state index contributed by atoms with van der Waals surface area (Å²) in [5.41, 5.74) is 2.46. The van der Waals surface area contributed by atoms with Crippen molar-refractivity contribution in [2.45, 2.75) is 13.8 Å². The van der Waals surface area contributed by atoms with Gasteiger partial charge in [-0.1, -0.05) is 12.1 Å². The van der Waals surface area contributed by atoms with Gasteiger partial charge in [-0.2, -0.15) is 0 Å². The summed E-state index contributed by atoms with van der Waals surface area (Å²) in [5, 5.41) is 3.24. The average Bonchev–Trinajstić information content (AvgIpc) is 1.94. The molecule has 10 heavy (non-hydrogen) atoms. The molecule has 0 heterocycles. The van der Waals surface area contributed by atoms with Crippen molar-refractivity contribution in [1.82, 2.24) is 0 Å². The zero-order valence-corrected chi connectivity index (χ0v) is 6.44. The molecule has 0 bridgehead atoms. The highest BCUT2D eigenvalue weighted by Crippen LogP contribution is 2.11. The topological polar surface area (TPSA) is 12.0 Å². The summed E-state index contributed by atoms with van der Waals surface area (Å²) in [7, 11) is 0. The molecule has 1 rings (SSSR count). The van der Waals surface area contributed by atoms with Gasteiger partial charge in [-0.3, -0.25) is 0 Å². The molecule has 0 saturated heterocycles. The Morgan fingerprint density at radius 3 is 3.00 bits per heavy atom. The predicted molar refractivity (Wildman–Crippen MR) is 44.2 cm³/mol. The SMILES string of the molecule is CCNc1c[c]ccc1C. The molecular weight excluding hydrogens is 122 g/mol. The number of nitrogens with one attached hydrogen (secondary N) is 1. The van der Waals surface area contributed by atoms with Crippen LogP contribution in [0.5, 0.6) is 0 Å². The first-order chi connectivity index (χ1) is 4.84. The van der Waals surface area contributed by atoms with Crippen molar-refractivity contribution < 1.29 is 0 Å². The van der Waals surface area contributed by atoms with Gasteiger partial charge in [0, 0.05) is 12.2 Å². The largest absolute Gasteiger partial charge is 0.385 e. The molecule has 1 nitrogen and oxygen atoms in total. The van der Waals surface area contributed by atoms with E-state index in [1.165, 1.54) is 11.3 Å². The molecule has 1 aromatic rings. The van der Waals surface area contributed by atoms with E-state index in [0.717, 1.165) is 6.54 Å². The van der Waals surface area contributed by atoms with Crippen LogP contribution in [0.1, 0.15) is 12.5 Å². The summed E-state index contributed by atoms with van der Waals surface area (Å²) in [5.74, 6) is 0. The van der Waals surface area contributed by atoms with Crippen LogP contribution in [0.15, 0.2) is 18.2 Å². The summed E-state index contributed by atoms with van der Waals surface area (Å²) >= 11 is 0. The van der Waals surface area contributed by atoms with E-state index >= 15 is 0 Å². The van der Waals surface area contributed by atoms with E-state index in [0.29, 0.717) is 0 Å². The monoisotopic (exact) mass is 134 g/mol. The van der Waals surface area contributed by atoms with E-state index in [9.17, 15) is 0 Å². The molecule has 0 aliphatic carbocycles. The van der Waals surface area contributed by atoms with E-state index < -0.39 is 0 Å². The summed E-state index contributed by atoms with van der Waals surface area (Å²) in [6.07, 6.45) is 0. The smallest absolute Gasteiger partial charge is 0.0376 e. The number of hydrogen-bond acceptors (Lipinski definition) is 1. The fourth-order valence-corrected chi connectivity index (χ4v) is 0.889. The lowest BCUT2D eigenvalue weighted by Gasteiger charge is -2.04. The molecule has 0 unspecified atom stereocenters. The quantitative estimate of drug-likeness (QED) is 0.654. The molecule has 0 aromatic heterocycles. The predicted octanol–water partition coefficient (Wildman–Crippen LogP) is 2.23. The van der Waals surface area contributed by atoms with Gasteiger partial charge < -0.3 is 5.32 Å². The molecule has 0 atom stereocenters. The Labute approximate surface area is 62.1 Å². The van der Waals surface area contributed by atoms with Gasteiger partial charge in [-0.05, 0) is 31.5 Å². The minimum atomic E-state index is 0.971. The zero-order chi connectivity index (χ0) is 7.40. The van der Waals surface area contributed by atoms with Gasteiger partial charge in [0.1, 0.15) is 0 Å². The second kappa shape index (κ2) is 3.25. The Morgan fingerprint density at radius 1 is 1.60 bits per heavy atom. The van der Waals surface area contributed by atoms with Gasteiger partial charge in [0.15, 0.2) is 0 Å². The number of benzene rings is 1. The van der Waals surface area contributed by atoms with E-state index in [1.807, 2.05) is 12.1 Å². The lowest BCUT2D eigenvalue weighted by atomic mass is 10.2. The Morgan fingerprint density at radius 2 is 2.40 bits per heavy atom. The van der Waals surface area contributed by atoms with Crippen LogP contribution >= 0.6 is 0 Å². The van der Waals surface area contributed by atoms with E-state index in [-0.39, 0.29) is 0 Å². The second-order valence-corrected chi connectivity index (χ2v) is 2.27. The Kier molecular flexibility index (Phi) is 2.32. The maximum Gasteiger partial charge on any atom is 0.0376 e. The van der Waals surface area contributed by atoms with Crippen LogP contribution < -0.4 is 5.32 Å². The Hall–Kier alpha value is -0.980. The van der Waals surface area contributed by atoms with Crippen LogP contribution in [0.3, 0.4) is 0 Å². The maximum atomic E-state index is 3.24. The maximum absolute atomic E-state index is 3.24. The van der Waals surface area contributed by atoms with Crippen LogP contribution in [0.2, 0.25) is 0 Å². The minimum Gasteiger partial charge on any atom is -0.385 e. The van der Waals surface area contributed by atoms with Crippen LogP contribution in [-0.2, 0) is 0 Å². The van der Waals surface area contributed by atoms with E-state index in [2.05, 4.69) is 31.3 Å². The molecule has 0 spiro atoms. The highest BCUT2D eigenvalue weighted by molar-refractivity contribution is 5.49. The summed E-state index contributed by atoms with van der Waals surface area (Å²) in [6, 6.07) is 8.98. The molecule has 1 radical (unpaired) electrons. The van der Waals surface area contributed by atoms with Crippen molar-refractivity contribution in [3.8, 4) is 0 Å². The normalized spacial score (nSPS) is 9.40. The fourth-order valence-electron chi connectivity index (χ4n) is 0.889. The van der Waals surface area contributed by atoms with Crippen LogP contribution in [-0.4, -0.2) is 6.54 Å². The Bertz CT molecular complexity index is 206. The first-order valence-corrected chi connectivity index (χ1v) is 3.55. The van der Waals surface area contributed by atoms with Gasteiger partial charge in [0.2, 0.25) is 0 Å². The van der Waals surface area contributed by atoms with Crippen LogP contribution in [0, 0.1) is 13.0 Å². The standard InChI is InChI=1S/C9H12N/c1-3-10-9-7-5-4-6-8(9)2/h4,6-7,10H,3H2,1-2H3. The van der Waals surface area contributed by atoms with Gasteiger partial charge >= 0.3 is 0 Å². The highest BCUT2D eigenvalue weighted by atomic mass is 14.9. The number of anilines is 1. The van der Waals surface area contributed by atoms with Crippen molar-refractivity contribution in [3.05, 3.63) is 29.8 Å². The van der Waals surface area contributed by atoms with E-state index in [4.69, 9.17) is 0 Å². The molecule has 0 saturated carbocycles. The average molecular weight is 134 g/mol. The van der Waals surface area contributed by atoms with Crippen LogP contribution in [0.4, 0.5) is 5.69 Å². The molecule has 0 aliphatic heterocycles. The van der Waals surface area contributed by atoms with Crippen molar-refractivity contribution >= 4 is 5.69 Å². The van der Waals surface area contributed by atoms with Gasteiger partial charge in [0.05, 0.1) is 0 Å². The van der Waals surface area contributed by atoms with Crippen LogP contribution in [0.25, 0.3) is 0 Å². The first-order valence-electron chi connectivity index (χ1n) is 3.55. The molecule has 0 aliphatic rings. The highest BCUT2D eigenvalue weighted by Gasteiger charge is 1.91. The zero-order valence-electron chi connectivity index (χ0n) is 6.44. The second-order valence-electron chi connectivity index (χ2n) is 2.27. The van der Waals surface area contributed by atoms with Crippen molar-refractivity contribution in [2.24, 2.45) is 0 Å². The first kappa shape index (κ1) is 7.13. The molecule has 1 N–H and O–H groups in total. The van der Waals surface area contributed by atoms with E-state index in [1.54, 1.807) is 0 Å². The van der Waals surface area contributed by atoms with Gasteiger partial charge in [-0.15, -0.1) is 0 Å². The third kappa shape index (κ3) is 1.50. The van der Waals surface area contributed by atoms with Gasteiger partial charge in [-0.25, -0.2) is 0 Å². The third-order valence-electron chi connectivity index (χ3n) is 1.45. The lowest BCUT2D eigenvalue weighted by molar-refractivity contribution is 1.20. The number of hydrogen-bond donors (Lipinski definition) is 1. The van der Waals surface area contributed by atoms with Crippen molar-refractivity contribution in [1.29, 1.82) is 0 Å². The molecule has 1 heteroatoms. The van der Waals surface area contributed by atoms with Crippen molar-refractivity contribution in [2.75, 3.05) is 11.9 Å². The number of aryl methyl sites for hydroxylation is 1. The summed E-state index contributed by atoms with van der Waals surface area (Å²) < 4.78 is 0. The van der Waals surface area contributed by atoms with Crippen molar-refractivity contribution in [3.63, 3.8) is 0 Å². The molecule has 0 fully saturated rings. The molecule has 53 valence electrons. The lowest BCUT2D eigenvalue weighted by Crippen LogP contribution is -1.97. The summed E-state index contributed by atoms with van der Waals surface area (Å²) in [6.45, 7) is 5.15. The Balaban J connectivity index is 2.81. The summed E-state index contributed by atoms with van der Waals surface area (Å²) in [4.78, 5) is 0. The van der Waals surface area contributed by atoms with Gasteiger partial charge in [0.25, 0.3) is 0 Å². The molecule has 0 amide bonds. The third-order valence-corrected chi connectivity index (χ3v) is 1.45. The molecule has 1 aromatic carbocycles. The fraction of sp³-hybridized carbons (Fsp3) is 0.333.